The molecule has 0 aliphatic heterocycles. The Balaban J connectivity index is 1.53. The number of carbonyl (C=O) groups is 1. The third-order valence-electron chi connectivity index (χ3n) is 5.35. The van der Waals surface area contributed by atoms with Gasteiger partial charge in [0.1, 0.15) is 5.82 Å². The summed E-state index contributed by atoms with van der Waals surface area (Å²) in [5.74, 6) is 0.202. The zero-order valence-corrected chi connectivity index (χ0v) is 20.9. The second-order valence-electron chi connectivity index (χ2n) is 7.95. The molecule has 176 valence electrons. The van der Waals surface area contributed by atoms with E-state index in [2.05, 4.69) is 20.5 Å². The van der Waals surface area contributed by atoms with E-state index in [4.69, 9.17) is 0 Å². The predicted molar refractivity (Wildman–Crippen MR) is 135 cm³/mol. The minimum atomic E-state index is -0.463. The zero-order valence-electron chi connectivity index (χ0n) is 19.3. The molecule has 0 saturated carbocycles. The predicted octanol–water partition coefficient (Wildman–Crippen LogP) is 5.27. The van der Waals surface area contributed by atoms with Gasteiger partial charge in [0.2, 0.25) is 5.91 Å². The first-order chi connectivity index (χ1) is 16.3. The number of benzene rings is 2. The van der Waals surface area contributed by atoms with E-state index in [0.717, 1.165) is 16.9 Å². The Bertz CT molecular complexity index is 1260. The van der Waals surface area contributed by atoms with Crippen molar-refractivity contribution in [2.75, 3.05) is 19.4 Å². The van der Waals surface area contributed by atoms with Crippen molar-refractivity contribution < 1.29 is 9.18 Å². The van der Waals surface area contributed by atoms with Gasteiger partial charge in [0.05, 0.1) is 17.0 Å². The van der Waals surface area contributed by atoms with Crippen molar-refractivity contribution in [2.24, 2.45) is 0 Å². The van der Waals surface area contributed by atoms with Crippen LogP contribution in [0.3, 0.4) is 0 Å². The Kier molecular flexibility index (Phi) is 7.40. The van der Waals surface area contributed by atoms with Crippen LogP contribution in [-0.2, 0) is 4.79 Å². The average molecular weight is 497 g/mol. The molecule has 4 rings (SSSR count). The second kappa shape index (κ2) is 10.5. The molecule has 2 atom stereocenters. The number of rotatable bonds is 8. The summed E-state index contributed by atoms with van der Waals surface area (Å²) in [5.41, 5.74) is 2.55. The molecule has 4 aromatic rings. The van der Waals surface area contributed by atoms with Crippen molar-refractivity contribution in [3.05, 3.63) is 71.6 Å². The molecule has 2 unspecified atom stereocenters. The van der Waals surface area contributed by atoms with Gasteiger partial charge in [0.25, 0.3) is 0 Å². The largest absolute Gasteiger partial charge is 0.301 e. The molecule has 10 heteroatoms. The summed E-state index contributed by atoms with van der Waals surface area (Å²) >= 11 is 2.67. The Morgan fingerprint density at radius 2 is 1.79 bits per heavy atom. The lowest BCUT2D eigenvalue weighted by Crippen LogP contribution is -2.23. The van der Waals surface area contributed by atoms with Gasteiger partial charge in [0.15, 0.2) is 16.1 Å². The third kappa shape index (κ3) is 5.35. The molecule has 34 heavy (non-hydrogen) atoms. The average Bonchev–Trinajstić information content (AvgIpc) is 3.47. The smallest absolute Gasteiger partial charge is 0.239 e. The van der Waals surface area contributed by atoms with Gasteiger partial charge in [-0.1, -0.05) is 42.1 Å². The number of nitrogens with one attached hydrogen (secondary N) is 1. The monoisotopic (exact) mass is 496 g/mol. The van der Waals surface area contributed by atoms with Gasteiger partial charge in [-0.2, -0.15) is 0 Å². The highest BCUT2D eigenvalue weighted by Crippen LogP contribution is 2.30. The van der Waals surface area contributed by atoms with E-state index in [1.807, 2.05) is 73.1 Å². The topological polar surface area (TPSA) is 75.9 Å². The van der Waals surface area contributed by atoms with E-state index in [1.165, 1.54) is 35.2 Å². The first kappa shape index (κ1) is 24.1. The summed E-state index contributed by atoms with van der Waals surface area (Å²) in [5, 5.41) is 14.2. The molecule has 0 radical (unpaired) electrons. The van der Waals surface area contributed by atoms with E-state index in [-0.39, 0.29) is 17.8 Å². The molecule has 0 aliphatic carbocycles. The standard InChI is InChI=1S/C24H25FN6OS2/c1-15(30(3)4)21-28-29-24(31(21)19-12-10-18(25)11-13-19)34-16(2)22(32)27-23-26-20(14-33-23)17-8-6-5-7-9-17/h5-16H,1-4H3,(H,26,27,32). The number of anilines is 1. The number of aromatic nitrogens is 4. The summed E-state index contributed by atoms with van der Waals surface area (Å²) in [7, 11) is 3.91. The van der Waals surface area contributed by atoms with Crippen LogP contribution in [0, 0.1) is 5.82 Å². The van der Waals surface area contributed by atoms with Gasteiger partial charge in [-0.15, -0.1) is 21.5 Å². The summed E-state index contributed by atoms with van der Waals surface area (Å²) in [6.45, 7) is 3.83. The Morgan fingerprint density at radius 1 is 1.09 bits per heavy atom. The molecule has 1 N–H and O–H groups in total. The SMILES string of the molecule is CC(Sc1nnc(C(C)N(C)C)n1-c1ccc(F)cc1)C(=O)Nc1nc(-c2ccccc2)cs1. The van der Waals surface area contributed by atoms with Gasteiger partial charge >= 0.3 is 0 Å². The maximum atomic E-state index is 13.5. The fourth-order valence-electron chi connectivity index (χ4n) is 3.18. The highest BCUT2D eigenvalue weighted by atomic mass is 32.2. The minimum absolute atomic E-state index is 0.0391. The normalized spacial score (nSPS) is 13.1. The lowest BCUT2D eigenvalue weighted by atomic mass is 10.2. The van der Waals surface area contributed by atoms with Crippen LogP contribution in [0.5, 0.6) is 0 Å². The molecule has 0 bridgehead atoms. The quantitative estimate of drug-likeness (QED) is 0.335. The van der Waals surface area contributed by atoms with E-state index in [1.54, 1.807) is 12.1 Å². The van der Waals surface area contributed by atoms with Gasteiger partial charge < -0.3 is 5.32 Å². The highest BCUT2D eigenvalue weighted by molar-refractivity contribution is 8.00. The Hall–Kier alpha value is -3.08. The van der Waals surface area contributed by atoms with Crippen LogP contribution in [0.1, 0.15) is 25.7 Å². The van der Waals surface area contributed by atoms with Crippen molar-refractivity contribution >= 4 is 34.1 Å². The minimum Gasteiger partial charge on any atom is -0.301 e. The molecule has 2 heterocycles. The van der Waals surface area contributed by atoms with E-state index >= 15 is 0 Å². The van der Waals surface area contributed by atoms with E-state index < -0.39 is 5.25 Å². The van der Waals surface area contributed by atoms with Gasteiger partial charge in [-0.05, 0) is 52.2 Å². The number of hydrogen-bond acceptors (Lipinski definition) is 7. The lowest BCUT2D eigenvalue weighted by molar-refractivity contribution is -0.115. The lowest BCUT2D eigenvalue weighted by Gasteiger charge is -2.21. The second-order valence-corrected chi connectivity index (χ2v) is 10.1. The fraction of sp³-hybridized carbons (Fsp3) is 0.250. The summed E-state index contributed by atoms with van der Waals surface area (Å²) in [4.78, 5) is 19.5. The number of halogens is 1. The molecular weight excluding hydrogens is 471 g/mol. The van der Waals surface area contributed by atoms with Crippen molar-refractivity contribution in [1.82, 2.24) is 24.6 Å². The molecule has 2 aromatic heterocycles. The Labute approximate surface area is 206 Å². The molecule has 2 aromatic carbocycles. The van der Waals surface area contributed by atoms with Crippen LogP contribution < -0.4 is 5.32 Å². The zero-order chi connectivity index (χ0) is 24.2. The Morgan fingerprint density at radius 3 is 2.47 bits per heavy atom. The van der Waals surface area contributed by atoms with Gasteiger partial charge in [-0.25, -0.2) is 9.37 Å². The maximum absolute atomic E-state index is 13.5. The van der Waals surface area contributed by atoms with Crippen molar-refractivity contribution in [3.8, 4) is 16.9 Å². The maximum Gasteiger partial charge on any atom is 0.239 e. The van der Waals surface area contributed by atoms with Crippen LogP contribution in [0.25, 0.3) is 16.9 Å². The molecule has 0 spiro atoms. The summed E-state index contributed by atoms with van der Waals surface area (Å²) in [6, 6.07) is 15.9. The van der Waals surface area contributed by atoms with Crippen LogP contribution in [0.15, 0.2) is 65.1 Å². The highest BCUT2D eigenvalue weighted by Gasteiger charge is 2.25. The third-order valence-corrected chi connectivity index (χ3v) is 7.15. The van der Waals surface area contributed by atoms with Gasteiger partial charge in [0, 0.05) is 16.6 Å². The summed E-state index contributed by atoms with van der Waals surface area (Å²) in [6.07, 6.45) is 0. The number of amides is 1. The molecule has 0 saturated heterocycles. The first-order valence-corrected chi connectivity index (χ1v) is 12.5. The van der Waals surface area contributed by atoms with Crippen LogP contribution in [-0.4, -0.2) is 49.9 Å². The van der Waals surface area contributed by atoms with Gasteiger partial charge in [-0.3, -0.25) is 14.3 Å². The van der Waals surface area contributed by atoms with E-state index in [0.29, 0.717) is 16.1 Å². The fourth-order valence-corrected chi connectivity index (χ4v) is 4.78. The van der Waals surface area contributed by atoms with Crippen molar-refractivity contribution in [1.29, 1.82) is 0 Å². The molecule has 7 nitrogen and oxygen atoms in total. The van der Waals surface area contributed by atoms with Crippen molar-refractivity contribution in [2.45, 2.75) is 30.3 Å². The first-order valence-electron chi connectivity index (χ1n) is 10.7. The van der Waals surface area contributed by atoms with Crippen LogP contribution in [0.4, 0.5) is 9.52 Å². The van der Waals surface area contributed by atoms with Crippen LogP contribution >= 0.6 is 23.1 Å². The number of thiazole rings is 1. The number of thioether (sulfide) groups is 1. The molecule has 0 aliphatic rings. The van der Waals surface area contributed by atoms with E-state index in [9.17, 15) is 9.18 Å². The number of carbonyl (C=O) groups excluding carboxylic acids is 1. The number of nitrogens with zero attached hydrogens (tertiary/aromatic N) is 5. The number of hydrogen-bond donors (Lipinski definition) is 1. The molecular formula is C24H25FN6OS2. The molecule has 1 amide bonds. The summed E-state index contributed by atoms with van der Waals surface area (Å²) < 4.78 is 15.4. The molecule has 0 fully saturated rings. The van der Waals surface area contributed by atoms with Crippen molar-refractivity contribution in [3.63, 3.8) is 0 Å². The van der Waals surface area contributed by atoms with Crippen LogP contribution in [0.2, 0.25) is 0 Å².